The number of thioether (sulfide) groups is 1. The highest BCUT2D eigenvalue weighted by molar-refractivity contribution is 7.99. The van der Waals surface area contributed by atoms with Crippen molar-refractivity contribution in [2.45, 2.75) is 19.4 Å². The molecule has 2 aromatic rings. The Morgan fingerprint density at radius 2 is 2.04 bits per heavy atom. The lowest BCUT2D eigenvalue weighted by atomic mass is 10.3. The standard InChI is InChI=1S/C18H23N5OS/c1-2-14(1)12-24-18-4-3-15(11-20-18)10-19-16-9-17(22-13-21-16)23-5-7-25-8-6-23/h3-4,9,11,13-14H,1-2,5-8,10,12H2,(H,19,21,22). The molecule has 3 heterocycles. The van der Waals surface area contributed by atoms with E-state index in [9.17, 15) is 0 Å². The van der Waals surface area contributed by atoms with Crippen molar-refractivity contribution in [3.8, 4) is 5.88 Å². The molecular formula is C18H23N5OS. The maximum Gasteiger partial charge on any atom is 0.213 e. The Hall–Kier alpha value is -2.02. The smallest absolute Gasteiger partial charge is 0.213 e. The second-order valence-electron chi connectivity index (χ2n) is 6.47. The maximum atomic E-state index is 5.67. The van der Waals surface area contributed by atoms with E-state index in [1.54, 1.807) is 6.33 Å². The molecule has 0 unspecified atom stereocenters. The molecule has 2 fully saturated rings. The molecule has 0 amide bonds. The van der Waals surface area contributed by atoms with Crippen molar-refractivity contribution >= 4 is 23.4 Å². The van der Waals surface area contributed by atoms with Crippen LogP contribution < -0.4 is 15.0 Å². The minimum Gasteiger partial charge on any atom is -0.477 e. The molecule has 132 valence electrons. The molecule has 0 atom stereocenters. The molecule has 2 aromatic heterocycles. The van der Waals surface area contributed by atoms with Gasteiger partial charge < -0.3 is 15.0 Å². The third-order valence-corrected chi connectivity index (χ3v) is 5.37. The molecular weight excluding hydrogens is 334 g/mol. The minimum absolute atomic E-state index is 0.683. The van der Waals surface area contributed by atoms with Crippen LogP contribution in [0.3, 0.4) is 0 Å². The van der Waals surface area contributed by atoms with Gasteiger partial charge in [0.15, 0.2) is 0 Å². The molecule has 6 nitrogen and oxygen atoms in total. The Balaban J connectivity index is 1.31. The van der Waals surface area contributed by atoms with Crippen LogP contribution >= 0.6 is 11.8 Å². The zero-order valence-corrected chi connectivity index (χ0v) is 15.0. The summed E-state index contributed by atoms with van der Waals surface area (Å²) in [5, 5.41) is 3.36. The summed E-state index contributed by atoms with van der Waals surface area (Å²) in [6.07, 6.45) is 6.07. The van der Waals surface area contributed by atoms with Gasteiger partial charge in [-0.3, -0.25) is 0 Å². The summed E-state index contributed by atoms with van der Waals surface area (Å²) in [4.78, 5) is 15.4. The lowest BCUT2D eigenvalue weighted by Crippen LogP contribution is -2.33. The van der Waals surface area contributed by atoms with Crippen LogP contribution in [0.15, 0.2) is 30.7 Å². The van der Waals surface area contributed by atoms with Crippen LogP contribution in [0, 0.1) is 5.92 Å². The molecule has 0 aromatic carbocycles. The third-order valence-electron chi connectivity index (χ3n) is 4.42. The summed E-state index contributed by atoms with van der Waals surface area (Å²) in [6.45, 7) is 3.58. The molecule has 1 aliphatic carbocycles. The van der Waals surface area contributed by atoms with Crippen molar-refractivity contribution in [3.05, 3.63) is 36.3 Å². The van der Waals surface area contributed by atoms with Gasteiger partial charge in [0.2, 0.25) is 5.88 Å². The molecule has 1 saturated carbocycles. The van der Waals surface area contributed by atoms with Crippen molar-refractivity contribution < 1.29 is 4.74 Å². The summed E-state index contributed by atoms with van der Waals surface area (Å²) in [7, 11) is 0. The number of nitrogens with zero attached hydrogens (tertiary/aromatic N) is 4. The summed E-state index contributed by atoms with van der Waals surface area (Å²) >= 11 is 2.00. The van der Waals surface area contributed by atoms with Crippen LogP contribution in [0.1, 0.15) is 18.4 Å². The highest BCUT2D eigenvalue weighted by Gasteiger charge is 2.22. The lowest BCUT2D eigenvalue weighted by molar-refractivity contribution is 0.288. The first-order chi connectivity index (χ1) is 12.4. The topological polar surface area (TPSA) is 63.2 Å². The average molecular weight is 357 g/mol. The van der Waals surface area contributed by atoms with Crippen LogP contribution in [-0.2, 0) is 6.54 Å². The van der Waals surface area contributed by atoms with Crippen LogP contribution in [0.4, 0.5) is 11.6 Å². The number of aromatic nitrogens is 3. The van der Waals surface area contributed by atoms with Gasteiger partial charge in [-0.25, -0.2) is 15.0 Å². The number of pyridine rings is 1. The number of nitrogens with one attached hydrogen (secondary N) is 1. The van der Waals surface area contributed by atoms with Crippen LogP contribution in [0.5, 0.6) is 5.88 Å². The molecule has 2 aliphatic rings. The van der Waals surface area contributed by atoms with E-state index in [0.717, 1.165) is 54.3 Å². The van der Waals surface area contributed by atoms with Gasteiger partial charge in [-0.15, -0.1) is 0 Å². The van der Waals surface area contributed by atoms with Gasteiger partial charge in [-0.2, -0.15) is 11.8 Å². The van der Waals surface area contributed by atoms with Crippen molar-refractivity contribution in [3.63, 3.8) is 0 Å². The van der Waals surface area contributed by atoms with Gasteiger partial charge in [0, 0.05) is 49.5 Å². The zero-order valence-electron chi connectivity index (χ0n) is 14.2. The number of hydrogen-bond acceptors (Lipinski definition) is 7. The van der Waals surface area contributed by atoms with Gasteiger partial charge in [-0.1, -0.05) is 6.07 Å². The predicted molar refractivity (Wildman–Crippen MR) is 101 cm³/mol. The first kappa shape index (κ1) is 16.4. The third kappa shape index (κ3) is 4.75. The van der Waals surface area contributed by atoms with E-state index < -0.39 is 0 Å². The average Bonchev–Trinajstić information content (AvgIpc) is 3.51. The van der Waals surface area contributed by atoms with E-state index in [-0.39, 0.29) is 0 Å². The highest BCUT2D eigenvalue weighted by atomic mass is 32.2. The van der Waals surface area contributed by atoms with Crippen LogP contribution in [0.2, 0.25) is 0 Å². The quantitative estimate of drug-likeness (QED) is 0.817. The fraction of sp³-hybridized carbons (Fsp3) is 0.500. The van der Waals surface area contributed by atoms with Crippen molar-refractivity contribution in [1.29, 1.82) is 0 Å². The SMILES string of the molecule is c1nc(NCc2ccc(OCC3CC3)nc2)cc(N2CCSCC2)n1. The molecule has 7 heteroatoms. The zero-order chi connectivity index (χ0) is 16.9. The number of ether oxygens (including phenoxy) is 1. The van der Waals surface area contributed by atoms with Crippen molar-refractivity contribution in [2.75, 3.05) is 41.4 Å². The van der Waals surface area contributed by atoms with Crippen LogP contribution in [0.25, 0.3) is 0 Å². The molecule has 4 rings (SSSR count). The molecule has 1 aliphatic heterocycles. The van der Waals surface area contributed by atoms with E-state index in [0.29, 0.717) is 12.4 Å². The minimum atomic E-state index is 0.683. The summed E-state index contributed by atoms with van der Waals surface area (Å²) in [5.74, 6) is 5.62. The second-order valence-corrected chi connectivity index (χ2v) is 7.70. The monoisotopic (exact) mass is 357 g/mol. The fourth-order valence-corrected chi connectivity index (χ4v) is 3.59. The molecule has 1 saturated heterocycles. The summed E-state index contributed by atoms with van der Waals surface area (Å²) in [5.41, 5.74) is 1.10. The number of hydrogen-bond donors (Lipinski definition) is 1. The second kappa shape index (κ2) is 7.91. The molecule has 0 spiro atoms. The van der Waals surface area contributed by atoms with Crippen LogP contribution in [-0.4, -0.2) is 46.2 Å². The predicted octanol–water partition coefficient (Wildman–Crippen LogP) is 2.83. The van der Waals surface area contributed by atoms with Gasteiger partial charge >= 0.3 is 0 Å². The highest BCUT2D eigenvalue weighted by Crippen LogP contribution is 2.29. The summed E-state index contributed by atoms with van der Waals surface area (Å²) < 4.78 is 5.67. The van der Waals surface area contributed by atoms with E-state index in [2.05, 4.69) is 25.2 Å². The van der Waals surface area contributed by atoms with E-state index in [1.165, 1.54) is 12.8 Å². The van der Waals surface area contributed by atoms with E-state index in [1.807, 2.05) is 36.2 Å². The molecule has 25 heavy (non-hydrogen) atoms. The largest absolute Gasteiger partial charge is 0.477 e. The first-order valence-corrected chi connectivity index (χ1v) is 9.98. The van der Waals surface area contributed by atoms with Gasteiger partial charge in [0.1, 0.15) is 18.0 Å². The van der Waals surface area contributed by atoms with E-state index >= 15 is 0 Å². The maximum absolute atomic E-state index is 5.67. The normalized spacial score (nSPS) is 17.4. The Morgan fingerprint density at radius 1 is 1.16 bits per heavy atom. The van der Waals surface area contributed by atoms with E-state index in [4.69, 9.17) is 4.74 Å². The lowest BCUT2D eigenvalue weighted by Gasteiger charge is -2.27. The Labute approximate surface area is 152 Å². The number of anilines is 2. The molecule has 0 bridgehead atoms. The van der Waals surface area contributed by atoms with Gasteiger partial charge in [0.25, 0.3) is 0 Å². The first-order valence-electron chi connectivity index (χ1n) is 8.83. The van der Waals surface area contributed by atoms with Gasteiger partial charge in [-0.05, 0) is 24.3 Å². The number of rotatable bonds is 7. The van der Waals surface area contributed by atoms with Gasteiger partial charge in [0.05, 0.1) is 6.61 Å². The van der Waals surface area contributed by atoms with Crippen molar-refractivity contribution in [1.82, 2.24) is 15.0 Å². The van der Waals surface area contributed by atoms with Crippen molar-refractivity contribution in [2.24, 2.45) is 5.92 Å². The molecule has 1 N–H and O–H groups in total. The Kier molecular flexibility index (Phi) is 5.20. The Bertz CT molecular complexity index is 686. The fourth-order valence-electron chi connectivity index (χ4n) is 2.69. The molecule has 0 radical (unpaired) electrons. The Morgan fingerprint density at radius 3 is 2.80 bits per heavy atom. The summed E-state index contributed by atoms with van der Waals surface area (Å²) in [6, 6.07) is 6.01.